The van der Waals surface area contributed by atoms with Gasteiger partial charge in [0.05, 0.1) is 39.9 Å². The van der Waals surface area contributed by atoms with Gasteiger partial charge in [0.1, 0.15) is 13.2 Å². The Morgan fingerprint density at radius 2 is 0.735 bits per heavy atom. The molecule has 0 aliphatic heterocycles. The van der Waals surface area contributed by atoms with Crippen LogP contribution < -0.4 is 10.2 Å². The third-order valence-electron chi connectivity index (χ3n) is 16.2. The van der Waals surface area contributed by atoms with E-state index in [1.165, 1.54) is 250 Å². The first-order valence-corrected chi connectivity index (χ1v) is 37.3. The smallest absolute Gasteiger partial charge is 0.268 e. The molecule has 1 amide bonds. The molecule has 0 aromatic carbocycles. The number of aliphatic hydroxyl groups excluding tert-OH is 1. The van der Waals surface area contributed by atoms with Crippen molar-refractivity contribution in [1.82, 2.24) is 5.32 Å². The van der Waals surface area contributed by atoms with Crippen LogP contribution in [-0.2, 0) is 18.4 Å². The van der Waals surface area contributed by atoms with E-state index < -0.39 is 20.0 Å². The number of allylic oxidation sites excluding steroid dienone is 11. The van der Waals surface area contributed by atoms with E-state index in [-0.39, 0.29) is 19.1 Å². The van der Waals surface area contributed by atoms with Crippen molar-refractivity contribution in [2.75, 3.05) is 40.9 Å². The summed E-state index contributed by atoms with van der Waals surface area (Å²) in [5.41, 5.74) is 0. The zero-order valence-electron chi connectivity index (χ0n) is 55.6. The molecule has 0 bridgehead atoms. The lowest BCUT2D eigenvalue weighted by Gasteiger charge is -2.29. The summed E-state index contributed by atoms with van der Waals surface area (Å²) in [5.74, 6) is -0.192. The summed E-state index contributed by atoms with van der Waals surface area (Å²) >= 11 is 0. The van der Waals surface area contributed by atoms with Crippen LogP contribution in [0.3, 0.4) is 0 Å². The van der Waals surface area contributed by atoms with Gasteiger partial charge < -0.3 is 28.8 Å². The van der Waals surface area contributed by atoms with Crippen molar-refractivity contribution in [3.05, 3.63) is 72.9 Å². The third kappa shape index (κ3) is 67.3. The number of likely N-dealkylation sites (N-methyl/N-ethyl adjacent to an activating group) is 1. The molecule has 8 nitrogen and oxygen atoms in total. The molecule has 0 aliphatic rings. The van der Waals surface area contributed by atoms with Crippen LogP contribution in [0.1, 0.15) is 341 Å². The predicted molar refractivity (Wildman–Crippen MR) is 362 cm³/mol. The minimum absolute atomic E-state index is 0.000458. The molecule has 0 aliphatic carbocycles. The molecule has 0 spiro atoms. The number of nitrogens with one attached hydrogen (secondary N) is 1. The Morgan fingerprint density at radius 1 is 0.434 bits per heavy atom. The summed E-state index contributed by atoms with van der Waals surface area (Å²) in [5, 5.41) is 14.0. The molecule has 0 rings (SSSR count). The number of hydrogen-bond acceptors (Lipinski definition) is 6. The topological polar surface area (TPSA) is 108 Å². The maximum atomic E-state index is 13.0. The van der Waals surface area contributed by atoms with E-state index in [0.717, 1.165) is 70.6 Å². The Labute approximate surface area is 516 Å². The number of rotatable bonds is 66. The zero-order valence-corrected chi connectivity index (χ0v) is 56.5. The van der Waals surface area contributed by atoms with Crippen molar-refractivity contribution in [1.29, 1.82) is 0 Å². The molecule has 0 saturated heterocycles. The van der Waals surface area contributed by atoms with Gasteiger partial charge in [0.25, 0.3) is 7.82 Å². The van der Waals surface area contributed by atoms with Gasteiger partial charge in [0.2, 0.25) is 5.91 Å². The Morgan fingerprint density at radius 3 is 1.07 bits per heavy atom. The molecule has 0 radical (unpaired) electrons. The first kappa shape index (κ1) is 80.9. The average Bonchev–Trinajstić information content (AvgIpc) is 3.50. The van der Waals surface area contributed by atoms with Crippen molar-refractivity contribution in [3.8, 4) is 0 Å². The van der Waals surface area contributed by atoms with Gasteiger partial charge in [-0.2, -0.15) is 0 Å². The van der Waals surface area contributed by atoms with Crippen LogP contribution in [0.15, 0.2) is 72.9 Å². The third-order valence-corrected chi connectivity index (χ3v) is 17.1. The number of amides is 1. The molecule has 0 heterocycles. The van der Waals surface area contributed by atoms with Crippen molar-refractivity contribution in [3.63, 3.8) is 0 Å². The Balaban J connectivity index is 4.00. The summed E-state index contributed by atoms with van der Waals surface area (Å²) in [4.78, 5) is 25.6. The summed E-state index contributed by atoms with van der Waals surface area (Å²) in [6, 6.07) is -0.889. The molecule has 0 aromatic rings. The second kappa shape index (κ2) is 64.4. The van der Waals surface area contributed by atoms with E-state index in [1.54, 1.807) is 6.08 Å². The first-order chi connectivity index (χ1) is 40.5. The number of unbranched alkanes of at least 4 members (excludes halogenated alkanes) is 43. The Bertz CT molecular complexity index is 1580. The summed E-state index contributed by atoms with van der Waals surface area (Å²) in [7, 11) is 1.27. The number of carbonyl (C=O) groups is 1. The van der Waals surface area contributed by atoms with Gasteiger partial charge in [-0.1, -0.05) is 344 Å². The molecule has 3 atom stereocenters. The van der Waals surface area contributed by atoms with Crippen LogP contribution in [0.25, 0.3) is 0 Å². The fraction of sp³-hybridized carbons (Fsp3) is 0.824. The molecule has 9 heteroatoms. The van der Waals surface area contributed by atoms with Gasteiger partial charge in [-0.05, 0) is 64.2 Å². The minimum atomic E-state index is -4.60. The number of aliphatic hydroxyl groups is 1. The number of phosphoric ester groups is 1. The molecular weight excluding hydrogens is 1040 g/mol. The fourth-order valence-corrected chi connectivity index (χ4v) is 11.4. The lowest BCUT2D eigenvalue weighted by atomic mass is 10.0. The van der Waals surface area contributed by atoms with E-state index in [0.29, 0.717) is 17.4 Å². The maximum absolute atomic E-state index is 13.0. The summed E-state index contributed by atoms with van der Waals surface area (Å²) < 4.78 is 23.5. The van der Waals surface area contributed by atoms with E-state index in [2.05, 4.69) is 79.9 Å². The highest BCUT2D eigenvalue weighted by atomic mass is 31.2. The SMILES string of the molecule is CC/C=C\C/C=C\C/C=C\C/C=C\C/C=C\CCCCCCCCCCCCCCCCCCCCCCCC(=O)NC(COP(=O)([O-])OCC[N+](C)(C)C)C(O)/C=C/CCCCCCCCCCCCCCCCCCCCCCCC. The lowest BCUT2D eigenvalue weighted by molar-refractivity contribution is -0.870. The number of nitrogens with zero attached hydrogens (tertiary/aromatic N) is 1. The molecule has 83 heavy (non-hydrogen) atoms. The van der Waals surface area contributed by atoms with E-state index in [1.807, 2.05) is 27.2 Å². The molecule has 0 aromatic heterocycles. The minimum Gasteiger partial charge on any atom is -0.756 e. The summed E-state index contributed by atoms with van der Waals surface area (Å²) in [6.07, 6.45) is 90.3. The van der Waals surface area contributed by atoms with Gasteiger partial charge in [0.15, 0.2) is 0 Å². The Hall–Kier alpha value is -2.06. The first-order valence-electron chi connectivity index (χ1n) is 35.8. The van der Waals surface area contributed by atoms with Crippen LogP contribution >= 0.6 is 7.82 Å². The van der Waals surface area contributed by atoms with Crippen LogP contribution in [-0.4, -0.2) is 68.5 Å². The van der Waals surface area contributed by atoms with Crippen LogP contribution in [0.5, 0.6) is 0 Å². The summed E-state index contributed by atoms with van der Waals surface area (Å²) in [6.45, 7) is 4.58. The average molecular weight is 1180 g/mol. The molecular formula is C74H139N2O6P. The quantitative estimate of drug-likeness (QED) is 0.0272. The number of carbonyl (C=O) groups excluding carboxylic acids is 1. The second-order valence-corrected chi connectivity index (χ2v) is 27.0. The van der Waals surface area contributed by atoms with Crippen LogP contribution in [0.2, 0.25) is 0 Å². The van der Waals surface area contributed by atoms with Gasteiger partial charge >= 0.3 is 0 Å². The Kier molecular flexibility index (Phi) is 62.8. The normalized spacial score (nSPS) is 14.1. The second-order valence-electron chi connectivity index (χ2n) is 25.6. The molecule has 0 fully saturated rings. The van der Waals surface area contributed by atoms with Gasteiger partial charge in [-0.3, -0.25) is 9.36 Å². The highest BCUT2D eigenvalue weighted by Gasteiger charge is 2.23. The highest BCUT2D eigenvalue weighted by molar-refractivity contribution is 7.45. The lowest BCUT2D eigenvalue weighted by Crippen LogP contribution is -2.45. The zero-order chi connectivity index (χ0) is 60.5. The number of phosphoric acid groups is 1. The highest BCUT2D eigenvalue weighted by Crippen LogP contribution is 2.38. The van der Waals surface area contributed by atoms with Gasteiger partial charge in [-0.15, -0.1) is 0 Å². The van der Waals surface area contributed by atoms with E-state index >= 15 is 0 Å². The van der Waals surface area contributed by atoms with E-state index in [9.17, 15) is 19.4 Å². The van der Waals surface area contributed by atoms with Crippen LogP contribution in [0, 0.1) is 0 Å². The molecule has 2 N–H and O–H groups in total. The molecule has 486 valence electrons. The van der Waals surface area contributed by atoms with Gasteiger partial charge in [0, 0.05) is 6.42 Å². The monoisotopic (exact) mass is 1180 g/mol. The van der Waals surface area contributed by atoms with E-state index in [4.69, 9.17) is 9.05 Å². The van der Waals surface area contributed by atoms with Crippen molar-refractivity contribution >= 4 is 13.7 Å². The van der Waals surface area contributed by atoms with Crippen molar-refractivity contribution < 1.29 is 32.9 Å². The number of quaternary nitrogens is 1. The molecule has 3 unspecified atom stereocenters. The fourth-order valence-electron chi connectivity index (χ4n) is 10.7. The van der Waals surface area contributed by atoms with Gasteiger partial charge in [-0.25, -0.2) is 0 Å². The molecule has 0 saturated carbocycles. The van der Waals surface area contributed by atoms with Crippen molar-refractivity contribution in [2.24, 2.45) is 0 Å². The largest absolute Gasteiger partial charge is 0.756 e. The maximum Gasteiger partial charge on any atom is 0.268 e. The standard InChI is InChI=1S/C74H139N2O6P/c1-6-8-10-12-14-16-18-20-22-24-26-28-30-32-33-34-35-36-37-38-39-40-41-42-43-44-46-48-50-52-54-56-58-60-62-64-66-68-74(78)75-72(71-82-83(79,80)81-70-69-76(3,4)5)73(77)67-65-63-61-59-57-55-53-51-49-47-45-31-29-27-25-23-21-19-17-15-13-11-9-7-2/h8,10,14,16,20,22,26,28,32-33,65,67,72-73,77H,6-7,9,11-13,15,17-19,21,23-25,27,29-31,34-64,66,68-71H2,1-5H3,(H-,75,78,79,80)/b10-8-,16-14-,22-20-,28-26-,33-32-,67-65+. The van der Waals surface area contributed by atoms with Crippen LogP contribution in [0.4, 0.5) is 0 Å². The van der Waals surface area contributed by atoms with Crippen molar-refractivity contribution in [2.45, 2.75) is 353 Å². The predicted octanol–water partition coefficient (Wildman–Crippen LogP) is 22.3. The number of hydrogen-bond donors (Lipinski definition) is 2.